The van der Waals surface area contributed by atoms with Gasteiger partial charge in [-0.1, -0.05) is 71.4 Å². The predicted octanol–water partition coefficient (Wildman–Crippen LogP) is 3.14. The summed E-state index contributed by atoms with van der Waals surface area (Å²) in [6.07, 6.45) is 1.67. The molecule has 1 saturated heterocycles. The molecule has 0 radical (unpaired) electrons. The number of methoxy groups -OCH3 is 2. The van der Waals surface area contributed by atoms with Gasteiger partial charge in [0.05, 0.1) is 48.7 Å². The summed E-state index contributed by atoms with van der Waals surface area (Å²) in [7, 11) is 4.86. The van der Waals surface area contributed by atoms with E-state index < -0.39 is 30.2 Å². The van der Waals surface area contributed by atoms with Gasteiger partial charge in [-0.15, -0.1) is 0 Å². The number of carbonyl (C=O) groups is 3. The van der Waals surface area contributed by atoms with E-state index in [-0.39, 0.29) is 48.1 Å². The van der Waals surface area contributed by atoms with Crippen LogP contribution in [-0.4, -0.2) is 91.7 Å². The Hall–Kier alpha value is -3.00. The number of carbonyl (C=O) groups excluding carboxylic acids is 3. The zero-order valence-corrected chi connectivity index (χ0v) is 27.3. The third-order valence-electron chi connectivity index (χ3n) is 9.02. The summed E-state index contributed by atoms with van der Waals surface area (Å²) >= 11 is 0. The van der Waals surface area contributed by atoms with Gasteiger partial charge in [0.2, 0.25) is 17.7 Å². The first kappa shape index (κ1) is 36.2. The summed E-state index contributed by atoms with van der Waals surface area (Å²) in [6, 6.07) is 9.77. The van der Waals surface area contributed by atoms with Gasteiger partial charge in [-0.3, -0.25) is 14.4 Å². The molecule has 10 heteroatoms. The Bertz CT molecular complexity index is 1080. The molecule has 1 aliphatic heterocycles. The van der Waals surface area contributed by atoms with Crippen molar-refractivity contribution in [3.8, 4) is 6.07 Å². The van der Waals surface area contributed by atoms with Gasteiger partial charge < -0.3 is 30.3 Å². The number of nitrogens with one attached hydrogen (secondary N) is 1. The van der Waals surface area contributed by atoms with E-state index in [9.17, 15) is 19.6 Å². The number of likely N-dealkylation sites (tertiary alicyclic amines) is 1. The Kier molecular flexibility index (Phi) is 14.6. The monoisotopic (exact) mass is 599 g/mol. The molecule has 43 heavy (non-hydrogen) atoms. The summed E-state index contributed by atoms with van der Waals surface area (Å²) < 4.78 is 11.7. The van der Waals surface area contributed by atoms with Gasteiger partial charge in [-0.2, -0.15) is 5.26 Å². The van der Waals surface area contributed by atoms with Gasteiger partial charge in [0.15, 0.2) is 0 Å². The molecule has 0 aromatic heterocycles. The number of hydrogen-bond donors (Lipinski definition) is 2. The summed E-state index contributed by atoms with van der Waals surface area (Å²) in [4.78, 5) is 43.8. The van der Waals surface area contributed by atoms with Gasteiger partial charge >= 0.3 is 0 Å². The summed E-state index contributed by atoms with van der Waals surface area (Å²) in [5, 5.41) is 12.5. The first-order valence-corrected chi connectivity index (χ1v) is 15.5. The fourth-order valence-electron chi connectivity index (χ4n) is 6.11. The van der Waals surface area contributed by atoms with Crippen LogP contribution < -0.4 is 11.1 Å². The third kappa shape index (κ3) is 9.49. The van der Waals surface area contributed by atoms with Crippen molar-refractivity contribution in [2.45, 2.75) is 103 Å². The first-order valence-electron chi connectivity index (χ1n) is 15.5. The lowest BCUT2D eigenvalue weighted by Gasteiger charge is -2.40. The third-order valence-corrected chi connectivity index (χ3v) is 9.02. The van der Waals surface area contributed by atoms with Crippen LogP contribution in [0.4, 0.5) is 0 Å². The Morgan fingerprint density at radius 3 is 2.33 bits per heavy atom. The van der Waals surface area contributed by atoms with Crippen molar-refractivity contribution in [3.05, 3.63) is 35.9 Å². The molecule has 3 amide bonds. The zero-order valence-electron chi connectivity index (χ0n) is 27.3. The average Bonchev–Trinajstić information content (AvgIpc) is 3.49. The van der Waals surface area contributed by atoms with Crippen molar-refractivity contribution in [3.63, 3.8) is 0 Å². The lowest BCUT2D eigenvalue weighted by Crippen LogP contribution is -2.56. The number of hydrogen-bond acceptors (Lipinski definition) is 7. The molecule has 2 rings (SSSR count). The molecule has 1 aromatic carbocycles. The highest BCUT2D eigenvalue weighted by atomic mass is 16.5. The van der Waals surface area contributed by atoms with Crippen LogP contribution in [0.5, 0.6) is 0 Å². The molecule has 10 nitrogen and oxygen atoms in total. The predicted molar refractivity (Wildman–Crippen MR) is 167 cm³/mol. The minimum absolute atomic E-state index is 0.0209. The highest BCUT2D eigenvalue weighted by Crippen LogP contribution is 2.29. The molecule has 0 unspecified atom stereocenters. The molecule has 1 heterocycles. The van der Waals surface area contributed by atoms with E-state index in [0.717, 1.165) is 18.4 Å². The zero-order chi connectivity index (χ0) is 32.3. The van der Waals surface area contributed by atoms with Crippen LogP contribution in [0.2, 0.25) is 0 Å². The first-order chi connectivity index (χ1) is 20.4. The van der Waals surface area contributed by atoms with Crippen molar-refractivity contribution in [1.29, 1.82) is 5.26 Å². The molecular formula is C33H53N5O5. The fraction of sp³-hybridized carbons (Fsp3) is 0.697. The van der Waals surface area contributed by atoms with E-state index in [1.807, 2.05) is 44.2 Å². The Labute approximate surface area is 258 Å². The van der Waals surface area contributed by atoms with E-state index in [1.54, 1.807) is 38.0 Å². The molecule has 3 N–H and O–H groups in total. The second-order valence-corrected chi connectivity index (χ2v) is 12.2. The van der Waals surface area contributed by atoms with Gasteiger partial charge in [-0.25, -0.2) is 0 Å². The van der Waals surface area contributed by atoms with Crippen LogP contribution in [-0.2, 0) is 30.3 Å². The summed E-state index contributed by atoms with van der Waals surface area (Å²) in [5.74, 6) is -1.11. The molecule has 1 aromatic rings. The van der Waals surface area contributed by atoms with Crippen molar-refractivity contribution in [2.75, 3.05) is 27.8 Å². The lowest BCUT2D eigenvalue weighted by atomic mass is 9.89. The SMILES string of the molecule is CC[C@H](C)[C@@H]([C@H](CC(=O)N1CCC[C@H]1[C@H](OC)[C@@H](C)C(=O)N[C@H](C#N)Cc1ccccc1)OC)N(C)C(=O)[C@@H](N)C(C)C. The number of nitrogens with zero attached hydrogens (tertiary/aromatic N) is 3. The van der Waals surface area contributed by atoms with Gasteiger partial charge in [-0.05, 0) is 30.2 Å². The van der Waals surface area contributed by atoms with E-state index in [1.165, 1.54) is 0 Å². The minimum Gasteiger partial charge on any atom is -0.379 e. The van der Waals surface area contributed by atoms with E-state index in [4.69, 9.17) is 15.2 Å². The molecule has 0 bridgehead atoms. The van der Waals surface area contributed by atoms with Gasteiger partial charge in [0.1, 0.15) is 6.04 Å². The second kappa shape index (κ2) is 17.3. The lowest BCUT2D eigenvalue weighted by molar-refractivity contribution is -0.146. The summed E-state index contributed by atoms with van der Waals surface area (Å²) in [5.41, 5.74) is 7.17. The number of nitrogens with two attached hydrogens (primary N) is 1. The number of amides is 3. The number of rotatable bonds is 16. The standard InChI is InChI=1S/C33H53N5O5/c1-9-22(4)30(37(6)33(41)29(35)21(2)3)27(42-7)19-28(39)38-17-13-16-26(38)31(43-8)23(5)32(40)36-25(20-34)18-24-14-11-10-12-15-24/h10-12,14-15,21-23,25-27,29-31H,9,13,16-19,35H2,1-8H3,(H,36,40)/t22-,23+,25-,26-,27-,29-,30-,31+/m0/s1. The maximum Gasteiger partial charge on any atom is 0.239 e. The van der Waals surface area contributed by atoms with Gasteiger partial charge in [0.25, 0.3) is 0 Å². The van der Waals surface area contributed by atoms with E-state index in [0.29, 0.717) is 19.4 Å². The van der Waals surface area contributed by atoms with Crippen molar-refractivity contribution in [2.24, 2.45) is 23.5 Å². The van der Waals surface area contributed by atoms with Crippen molar-refractivity contribution in [1.82, 2.24) is 15.1 Å². The highest BCUT2D eigenvalue weighted by Gasteiger charge is 2.42. The normalized spacial score (nSPS) is 19.9. The average molecular weight is 600 g/mol. The van der Waals surface area contributed by atoms with Crippen molar-refractivity contribution >= 4 is 17.7 Å². The molecule has 0 spiro atoms. The smallest absolute Gasteiger partial charge is 0.239 e. The molecule has 240 valence electrons. The summed E-state index contributed by atoms with van der Waals surface area (Å²) in [6.45, 7) is 10.3. The topological polar surface area (TPSA) is 138 Å². The quantitative estimate of drug-likeness (QED) is 0.298. The Morgan fingerprint density at radius 2 is 1.79 bits per heavy atom. The Balaban J connectivity index is 2.18. The Morgan fingerprint density at radius 1 is 1.14 bits per heavy atom. The number of ether oxygens (including phenoxy) is 2. The van der Waals surface area contributed by atoms with Gasteiger partial charge in [0, 0.05) is 34.2 Å². The van der Waals surface area contributed by atoms with Crippen LogP contribution in [0.3, 0.4) is 0 Å². The van der Waals surface area contributed by atoms with E-state index in [2.05, 4.69) is 25.2 Å². The van der Waals surface area contributed by atoms with Crippen LogP contribution >= 0.6 is 0 Å². The molecule has 1 aliphatic rings. The molecule has 1 fully saturated rings. The van der Waals surface area contributed by atoms with Crippen molar-refractivity contribution < 1.29 is 23.9 Å². The van der Waals surface area contributed by atoms with Crippen LogP contribution in [0.15, 0.2) is 30.3 Å². The molecule has 0 saturated carbocycles. The molecule has 0 aliphatic carbocycles. The maximum atomic E-state index is 13.8. The maximum absolute atomic E-state index is 13.8. The molecule has 8 atom stereocenters. The highest BCUT2D eigenvalue weighted by molar-refractivity contribution is 5.83. The van der Waals surface area contributed by atoms with Crippen LogP contribution in [0.1, 0.15) is 65.9 Å². The van der Waals surface area contributed by atoms with Crippen LogP contribution in [0.25, 0.3) is 0 Å². The number of likely N-dealkylation sites (N-methyl/N-ethyl adjacent to an activating group) is 1. The van der Waals surface area contributed by atoms with E-state index >= 15 is 0 Å². The van der Waals surface area contributed by atoms with Crippen LogP contribution in [0, 0.1) is 29.1 Å². The number of benzene rings is 1. The molecular weight excluding hydrogens is 546 g/mol. The number of nitriles is 1. The largest absolute Gasteiger partial charge is 0.379 e. The fourth-order valence-corrected chi connectivity index (χ4v) is 6.11. The second-order valence-electron chi connectivity index (χ2n) is 12.2. The minimum atomic E-state index is -0.681.